The zero-order valence-electron chi connectivity index (χ0n) is 14.2. The minimum Gasteiger partial charge on any atom is -0.362 e. The lowest BCUT2D eigenvalue weighted by Gasteiger charge is -2.17. The molecule has 1 heterocycles. The van der Waals surface area contributed by atoms with Crippen molar-refractivity contribution < 1.29 is 14.6 Å². The van der Waals surface area contributed by atoms with Gasteiger partial charge in [0.1, 0.15) is 6.73 Å². The van der Waals surface area contributed by atoms with Crippen LogP contribution in [0, 0.1) is 0 Å². The highest BCUT2D eigenvalue weighted by molar-refractivity contribution is 9.10. The Balaban J connectivity index is 2.22. The number of nitrogens with zero attached hydrogens (tertiary/aromatic N) is 2. The normalized spacial score (nSPS) is 13.7. The summed E-state index contributed by atoms with van der Waals surface area (Å²) in [6.45, 7) is 10.3. The highest BCUT2D eigenvalue weighted by Gasteiger charge is 2.19. The second-order valence-electron chi connectivity index (χ2n) is 6.69. The monoisotopic (exact) mass is 400 g/mol. The van der Waals surface area contributed by atoms with Gasteiger partial charge in [-0.05, 0) is 31.2 Å². The fourth-order valence-electron chi connectivity index (χ4n) is 2.21. The van der Waals surface area contributed by atoms with Crippen molar-refractivity contribution in [1.29, 1.82) is 0 Å². The van der Waals surface area contributed by atoms with E-state index >= 15 is 0 Å². The summed E-state index contributed by atoms with van der Waals surface area (Å²) >= 11 is 3.45. The second kappa shape index (κ2) is 7.89. The lowest BCUT2D eigenvalue weighted by atomic mass is 10.3. The fourth-order valence-corrected chi connectivity index (χ4v) is 3.32. The molecule has 2 aromatic rings. The number of aliphatic hydroxyl groups is 1. The lowest BCUT2D eigenvalue weighted by Crippen LogP contribution is -2.22. The van der Waals surface area contributed by atoms with E-state index in [1.165, 1.54) is 0 Å². The molecule has 1 aromatic carbocycles. The van der Waals surface area contributed by atoms with Crippen molar-refractivity contribution in [2.24, 2.45) is 0 Å². The van der Waals surface area contributed by atoms with Crippen molar-refractivity contribution in [3.8, 4) is 0 Å². The number of ether oxygens (including phenoxy) is 2. The third-order valence-electron chi connectivity index (χ3n) is 3.50. The van der Waals surface area contributed by atoms with Gasteiger partial charge < -0.3 is 14.6 Å². The molecule has 7 heteroatoms. The van der Waals surface area contributed by atoms with E-state index in [0.29, 0.717) is 19.2 Å². The van der Waals surface area contributed by atoms with Crippen LogP contribution in [0.4, 0.5) is 0 Å². The van der Waals surface area contributed by atoms with Crippen LogP contribution < -0.4 is 0 Å². The molecule has 1 N–H and O–H groups in total. The first-order valence-electron chi connectivity index (χ1n) is 7.85. The average molecular weight is 401 g/mol. The predicted octanol–water partition coefficient (Wildman–Crippen LogP) is 4.14. The standard InChI is InChI=1S/C16H25BrN2O3Si/c1-5-22-16(20)15-18-13-10-12(17)6-7-14(13)19(15)11-21-8-9-23(2,3)4/h6-7,10,16,20H,5,8-9,11H2,1-4H3. The van der Waals surface area contributed by atoms with Crippen molar-refractivity contribution in [1.82, 2.24) is 9.55 Å². The zero-order chi connectivity index (χ0) is 17.0. The molecule has 1 atom stereocenters. The third kappa shape index (κ3) is 5.12. The summed E-state index contributed by atoms with van der Waals surface area (Å²) < 4.78 is 14.0. The summed E-state index contributed by atoms with van der Waals surface area (Å²) in [5, 5.41) is 10.2. The van der Waals surface area contributed by atoms with Gasteiger partial charge in [0.15, 0.2) is 5.82 Å². The quantitative estimate of drug-likeness (QED) is 0.410. The molecular weight excluding hydrogens is 376 g/mol. The highest BCUT2D eigenvalue weighted by Crippen LogP contribution is 2.25. The van der Waals surface area contributed by atoms with Crippen LogP contribution in [0.2, 0.25) is 25.7 Å². The van der Waals surface area contributed by atoms with Gasteiger partial charge >= 0.3 is 0 Å². The molecule has 128 valence electrons. The Labute approximate surface area is 146 Å². The fraction of sp³-hybridized carbons (Fsp3) is 0.562. The Morgan fingerprint density at radius 2 is 2.09 bits per heavy atom. The van der Waals surface area contributed by atoms with E-state index in [9.17, 15) is 5.11 Å². The lowest BCUT2D eigenvalue weighted by molar-refractivity contribution is -0.107. The van der Waals surface area contributed by atoms with Gasteiger partial charge in [-0.3, -0.25) is 4.57 Å². The minimum atomic E-state index is -1.12. The van der Waals surface area contributed by atoms with E-state index < -0.39 is 14.4 Å². The average Bonchev–Trinajstić information content (AvgIpc) is 2.80. The van der Waals surface area contributed by atoms with Crippen molar-refractivity contribution in [2.45, 2.75) is 45.6 Å². The van der Waals surface area contributed by atoms with Gasteiger partial charge in [0.05, 0.1) is 11.0 Å². The summed E-state index contributed by atoms with van der Waals surface area (Å²) in [7, 11) is -1.12. The molecule has 5 nitrogen and oxygen atoms in total. The number of benzene rings is 1. The van der Waals surface area contributed by atoms with Crippen molar-refractivity contribution >= 4 is 35.0 Å². The summed E-state index contributed by atoms with van der Waals surface area (Å²) in [5.74, 6) is 0.480. The van der Waals surface area contributed by atoms with Crippen LogP contribution in [0.5, 0.6) is 0 Å². The first-order chi connectivity index (χ1) is 10.8. The van der Waals surface area contributed by atoms with E-state index in [1.54, 1.807) is 0 Å². The molecular formula is C16H25BrN2O3Si. The Morgan fingerprint density at radius 3 is 2.74 bits per heavy atom. The number of hydrogen-bond acceptors (Lipinski definition) is 4. The van der Waals surface area contributed by atoms with Crippen LogP contribution >= 0.6 is 15.9 Å². The molecule has 0 aliphatic carbocycles. The van der Waals surface area contributed by atoms with Gasteiger partial charge in [-0.25, -0.2) is 4.98 Å². The van der Waals surface area contributed by atoms with Crippen molar-refractivity contribution in [3.63, 3.8) is 0 Å². The number of fused-ring (bicyclic) bond motifs is 1. The Morgan fingerprint density at radius 1 is 1.35 bits per heavy atom. The number of imidazole rings is 1. The molecule has 0 fully saturated rings. The van der Waals surface area contributed by atoms with Gasteiger partial charge in [0, 0.05) is 25.8 Å². The number of halogens is 1. The SMILES string of the molecule is CCOC(O)c1nc2cc(Br)ccc2n1COCC[Si](C)(C)C. The maximum atomic E-state index is 10.2. The number of hydrogen-bond donors (Lipinski definition) is 1. The van der Waals surface area contributed by atoms with Crippen LogP contribution in [-0.4, -0.2) is 35.9 Å². The molecule has 23 heavy (non-hydrogen) atoms. The van der Waals surface area contributed by atoms with Gasteiger partial charge in [-0.1, -0.05) is 35.6 Å². The molecule has 0 aliphatic heterocycles. The Bertz CT molecular complexity index is 655. The van der Waals surface area contributed by atoms with E-state index in [1.807, 2.05) is 29.7 Å². The van der Waals surface area contributed by atoms with E-state index in [4.69, 9.17) is 9.47 Å². The molecule has 0 saturated heterocycles. The molecule has 2 rings (SSSR count). The topological polar surface area (TPSA) is 56.5 Å². The smallest absolute Gasteiger partial charge is 0.215 e. The molecule has 0 saturated carbocycles. The van der Waals surface area contributed by atoms with Crippen LogP contribution in [-0.2, 0) is 16.2 Å². The molecule has 1 unspecified atom stereocenters. The predicted molar refractivity (Wildman–Crippen MR) is 98.1 cm³/mol. The van der Waals surface area contributed by atoms with E-state index in [-0.39, 0.29) is 0 Å². The summed E-state index contributed by atoms with van der Waals surface area (Å²) in [6, 6.07) is 6.96. The minimum absolute atomic E-state index is 0.363. The van der Waals surface area contributed by atoms with Crippen LogP contribution in [0.15, 0.2) is 22.7 Å². The van der Waals surface area contributed by atoms with Gasteiger partial charge in [-0.15, -0.1) is 0 Å². The molecule has 1 aromatic heterocycles. The van der Waals surface area contributed by atoms with E-state index in [0.717, 1.165) is 28.2 Å². The van der Waals surface area contributed by atoms with E-state index in [2.05, 4.69) is 40.6 Å². The number of aliphatic hydroxyl groups excluding tert-OH is 1. The van der Waals surface area contributed by atoms with Crippen LogP contribution in [0.3, 0.4) is 0 Å². The summed E-state index contributed by atoms with van der Waals surface area (Å²) in [5.41, 5.74) is 1.73. The van der Waals surface area contributed by atoms with Crippen molar-refractivity contribution in [3.05, 3.63) is 28.5 Å². The maximum Gasteiger partial charge on any atom is 0.215 e. The van der Waals surface area contributed by atoms with Gasteiger partial charge in [0.25, 0.3) is 0 Å². The summed E-state index contributed by atoms with van der Waals surface area (Å²) in [6.07, 6.45) is -1.05. The molecule has 0 amide bonds. The molecule has 0 radical (unpaired) electrons. The van der Waals surface area contributed by atoms with Gasteiger partial charge in [-0.2, -0.15) is 0 Å². The first-order valence-corrected chi connectivity index (χ1v) is 12.3. The molecule has 0 spiro atoms. The largest absolute Gasteiger partial charge is 0.362 e. The van der Waals surface area contributed by atoms with Crippen LogP contribution in [0.1, 0.15) is 19.0 Å². The maximum absolute atomic E-state index is 10.2. The second-order valence-corrected chi connectivity index (χ2v) is 13.2. The zero-order valence-corrected chi connectivity index (χ0v) is 16.8. The number of rotatable bonds is 8. The Hall–Kier alpha value is -0.733. The molecule has 0 aliphatic rings. The van der Waals surface area contributed by atoms with Gasteiger partial charge in [0.2, 0.25) is 6.29 Å². The molecule has 0 bridgehead atoms. The van der Waals surface area contributed by atoms with Crippen LogP contribution in [0.25, 0.3) is 11.0 Å². The number of aromatic nitrogens is 2. The van der Waals surface area contributed by atoms with Crippen molar-refractivity contribution in [2.75, 3.05) is 13.2 Å². The third-order valence-corrected chi connectivity index (χ3v) is 5.70. The first kappa shape index (κ1) is 18.6. The summed E-state index contributed by atoms with van der Waals surface area (Å²) in [4.78, 5) is 4.51. The highest BCUT2D eigenvalue weighted by atomic mass is 79.9. The Kier molecular flexibility index (Phi) is 6.38.